The number of aromatic nitrogens is 1. The molecule has 4 fully saturated rings. The van der Waals surface area contributed by atoms with Crippen molar-refractivity contribution in [2.75, 3.05) is 33.7 Å². The number of likely N-dealkylation sites (N-methyl/N-ethyl adjacent to an activating group) is 1. The van der Waals surface area contributed by atoms with Crippen LogP contribution in [0.4, 0.5) is 0 Å². The molecular weight excluding hydrogens is 684 g/mol. The summed E-state index contributed by atoms with van der Waals surface area (Å²) in [6, 6.07) is 2.81. The van der Waals surface area contributed by atoms with Crippen molar-refractivity contribution in [1.29, 1.82) is 0 Å². The molecule has 2 bridgehead atoms. The van der Waals surface area contributed by atoms with E-state index in [2.05, 4.69) is 17.2 Å². The highest BCUT2D eigenvalue weighted by atomic mass is 16.7. The van der Waals surface area contributed by atoms with Crippen LogP contribution in [0, 0.1) is 17.8 Å². The van der Waals surface area contributed by atoms with Gasteiger partial charge in [0.2, 0.25) is 0 Å². The highest BCUT2D eigenvalue weighted by Crippen LogP contribution is 2.48. The number of likely N-dealkylation sites (tertiary alicyclic amines) is 1. The molecular formula is C39H66N4O10. The molecule has 302 valence electrons. The summed E-state index contributed by atoms with van der Waals surface area (Å²) in [4.78, 5) is 34.4. The Morgan fingerprint density at radius 3 is 2.40 bits per heavy atom. The van der Waals surface area contributed by atoms with E-state index in [0.717, 1.165) is 0 Å². The van der Waals surface area contributed by atoms with Gasteiger partial charge >= 0.3 is 5.97 Å². The van der Waals surface area contributed by atoms with Crippen LogP contribution in [0.2, 0.25) is 0 Å². The average Bonchev–Trinajstić information content (AvgIpc) is 3.63. The Balaban J connectivity index is 1.58. The molecule has 0 aromatic carbocycles. The fourth-order valence-corrected chi connectivity index (χ4v) is 9.23. The van der Waals surface area contributed by atoms with E-state index in [1.54, 1.807) is 44.0 Å². The van der Waals surface area contributed by atoms with E-state index < -0.39 is 77.6 Å². The maximum absolute atomic E-state index is 14.2. The number of fused-ring (bicyclic) bond motifs is 3. The third-order valence-electron chi connectivity index (χ3n) is 12.3. The molecule has 14 heteroatoms. The van der Waals surface area contributed by atoms with Crippen LogP contribution in [0.1, 0.15) is 98.0 Å². The number of nitrogens with zero attached hydrogens (tertiary/aromatic N) is 2. The highest BCUT2D eigenvalue weighted by molar-refractivity contribution is 5.92. The second kappa shape index (κ2) is 16.5. The Morgan fingerprint density at radius 2 is 1.79 bits per heavy atom. The van der Waals surface area contributed by atoms with Gasteiger partial charge < -0.3 is 59.1 Å². The fourth-order valence-electron chi connectivity index (χ4n) is 9.23. The second-order valence-electron chi connectivity index (χ2n) is 17.1. The number of aliphatic hydroxyl groups excluding tert-OH is 2. The van der Waals surface area contributed by atoms with Crippen LogP contribution in [-0.2, 0) is 28.5 Å². The quantitative estimate of drug-likeness (QED) is 0.279. The number of hydrogen-bond acceptors (Lipinski definition) is 12. The van der Waals surface area contributed by atoms with Crippen molar-refractivity contribution in [3.05, 3.63) is 24.0 Å². The van der Waals surface area contributed by atoms with E-state index in [9.17, 15) is 24.9 Å². The molecule has 0 saturated carbocycles. The third kappa shape index (κ3) is 8.81. The SMILES string of the molecule is CC[C@H]1OC(=O)[C@H](C)[C@H]2OC3(CCN(C(=O)c4ccc[nH]4)CC3)O[C@](C)(C[C@@H](C)CN[C@H](C)[C@@H](O)[C@]1(C)O)[C@H](O[C@@H]1O[C@H](C)C[C@H](N(C)C)[C@H]1O)[C@H]2C. The standard InChI is InChI=1S/C39H66N4O10/c1-11-29-38(8,48)32(45)26(6)41-21-22(2)20-37(7)33(51-36-30(44)28(42(9)10)19-23(3)49-36)24(4)31(25(5)35(47)50-29)52-39(53-37)14-17-43(18-15-39)34(46)27-13-12-16-40-27/h12-13,16,22-26,28-33,36,40-41,44-45,48H,11,14-15,17-21H2,1-10H3/t22-,23-,24+,25-,26-,28+,29-,30-,31+,32-,33-,36+,37-,38-/m1/s1. The van der Waals surface area contributed by atoms with Gasteiger partial charge in [-0.3, -0.25) is 9.59 Å². The molecule has 4 saturated heterocycles. The first kappa shape index (κ1) is 42.0. The van der Waals surface area contributed by atoms with Crippen molar-refractivity contribution in [2.45, 2.75) is 159 Å². The Labute approximate surface area is 315 Å². The van der Waals surface area contributed by atoms with E-state index in [4.69, 9.17) is 23.7 Å². The van der Waals surface area contributed by atoms with Gasteiger partial charge in [-0.25, -0.2) is 0 Å². The van der Waals surface area contributed by atoms with Gasteiger partial charge in [-0.15, -0.1) is 0 Å². The fraction of sp³-hybridized carbons (Fsp3) is 0.846. The summed E-state index contributed by atoms with van der Waals surface area (Å²) < 4.78 is 33.7. The Kier molecular flexibility index (Phi) is 13.1. The molecule has 1 aromatic rings. The van der Waals surface area contributed by atoms with Gasteiger partial charge in [0.15, 0.2) is 12.1 Å². The molecule has 5 rings (SSSR count). The zero-order chi connectivity index (χ0) is 39.0. The van der Waals surface area contributed by atoms with Gasteiger partial charge in [-0.2, -0.15) is 0 Å². The topological polar surface area (TPSA) is 175 Å². The molecule has 0 radical (unpaired) electrons. The van der Waals surface area contributed by atoms with Gasteiger partial charge in [0, 0.05) is 50.1 Å². The molecule has 53 heavy (non-hydrogen) atoms. The molecule has 14 atom stereocenters. The van der Waals surface area contributed by atoms with Crippen LogP contribution in [-0.4, -0.2) is 148 Å². The second-order valence-corrected chi connectivity index (χ2v) is 17.1. The number of cyclic esters (lactones) is 1. The van der Waals surface area contributed by atoms with Crippen molar-refractivity contribution >= 4 is 11.9 Å². The maximum Gasteiger partial charge on any atom is 0.311 e. The molecule has 1 aromatic heterocycles. The number of amides is 1. The lowest BCUT2D eigenvalue weighted by Crippen LogP contribution is -2.60. The zero-order valence-corrected chi connectivity index (χ0v) is 33.4. The predicted molar refractivity (Wildman–Crippen MR) is 197 cm³/mol. The number of carbonyl (C=O) groups excluding carboxylic acids is 2. The molecule has 14 nitrogen and oxygen atoms in total. The number of rotatable bonds is 5. The van der Waals surface area contributed by atoms with Crippen LogP contribution in [0.5, 0.6) is 0 Å². The monoisotopic (exact) mass is 750 g/mol. The number of esters is 1. The Hall–Kier alpha value is -2.14. The summed E-state index contributed by atoms with van der Waals surface area (Å²) in [6.07, 6.45) is -2.09. The van der Waals surface area contributed by atoms with Crippen molar-refractivity contribution in [2.24, 2.45) is 17.8 Å². The van der Waals surface area contributed by atoms with Crippen molar-refractivity contribution in [1.82, 2.24) is 20.1 Å². The third-order valence-corrected chi connectivity index (χ3v) is 12.3. The Bertz CT molecular complexity index is 1370. The first-order valence-corrected chi connectivity index (χ1v) is 19.6. The molecule has 4 aliphatic heterocycles. The van der Waals surface area contributed by atoms with Crippen molar-refractivity contribution < 1.29 is 48.6 Å². The van der Waals surface area contributed by atoms with Crippen molar-refractivity contribution in [3.63, 3.8) is 0 Å². The number of hydrogen-bond donors (Lipinski definition) is 5. The summed E-state index contributed by atoms with van der Waals surface area (Å²) in [5.74, 6) is -3.27. The highest BCUT2D eigenvalue weighted by Gasteiger charge is 2.58. The Morgan fingerprint density at radius 1 is 1.11 bits per heavy atom. The van der Waals surface area contributed by atoms with Crippen LogP contribution >= 0.6 is 0 Å². The number of aliphatic hydroxyl groups is 3. The molecule has 0 aliphatic carbocycles. The lowest BCUT2D eigenvalue weighted by Gasteiger charge is -2.49. The molecule has 1 spiro atoms. The lowest BCUT2D eigenvalue weighted by molar-refractivity contribution is -0.331. The summed E-state index contributed by atoms with van der Waals surface area (Å²) in [5.41, 5.74) is -2.28. The van der Waals surface area contributed by atoms with Crippen LogP contribution < -0.4 is 5.32 Å². The van der Waals surface area contributed by atoms with Gasteiger partial charge in [-0.05, 0) is 92.6 Å². The predicted octanol–water partition coefficient (Wildman–Crippen LogP) is 2.66. The van der Waals surface area contributed by atoms with Crippen LogP contribution in [0.3, 0.4) is 0 Å². The van der Waals surface area contributed by atoms with Gasteiger partial charge in [0.25, 0.3) is 5.91 Å². The average molecular weight is 751 g/mol. The number of carbonyl (C=O) groups is 2. The lowest BCUT2D eigenvalue weighted by atomic mass is 9.78. The van der Waals surface area contributed by atoms with Crippen LogP contribution in [0.25, 0.3) is 0 Å². The van der Waals surface area contributed by atoms with E-state index in [1.807, 2.05) is 39.8 Å². The normalized spacial score (nSPS) is 43.2. The maximum atomic E-state index is 14.2. The minimum Gasteiger partial charge on any atom is -0.459 e. The summed E-state index contributed by atoms with van der Waals surface area (Å²) in [5, 5.41) is 38.0. The number of nitrogens with one attached hydrogen (secondary N) is 2. The van der Waals surface area contributed by atoms with Gasteiger partial charge in [-0.1, -0.05) is 20.8 Å². The number of piperidine rings is 1. The van der Waals surface area contributed by atoms with E-state index in [1.165, 1.54) is 6.92 Å². The largest absolute Gasteiger partial charge is 0.459 e. The zero-order valence-electron chi connectivity index (χ0n) is 33.4. The molecule has 4 aliphatic rings. The summed E-state index contributed by atoms with van der Waals surface area (Å²) in [6.45, 7) is 16.1. The summed E-state index contributed by atoms with van der Waals surface area (Å²) in [7, 11) is 3.86. The molecule has 0 unspecified atom stereocenters. The molecule has 5 N–H and O–H groups in total. The van der Waals surface area contributed by atoms with E-state index in [0.29, 0.717) is 51.0 Å². The van der Waals surface area contributed by atoms with Crippen LogP contribution in [0.15, 0.2) is 18.3 Å². The van der Waals surface area contributed by atoms with Gasteiger partial charge in [0.05, 0.1) is 29.8 Å². The van der Waals surface area contributed by atoms with E-state index in [-0.39, 0.29) is 30.4 Å². The van der Waals surface area contributed by atoms with E-state index >= 15 is 0 Å². The first-order valence-electron chi connectivity index (χ1n) is 19.6. The minimum atomic E-state index is -1.74. The molecule has 1 amide bonds. The smallest absolute Gasteiger partial charge is 0.311 e. The number of aromatic amines is 1. The minimum absolute atomic E-state index is 0.0332. The van der Waals surface area contributed by atoms with Gasteiger partial charge in [0.1, 0.15) is 29.6 Å². The number of ether oxygens (including phenoxy) is 5. The molecule has 5 heterocycles. The first-order chi connectivity index (χ1) is 24.8. The summed E-state index contributed by atoms with van der Waals surface area (Å²) >= 11 is 0. The number of H-pyrrole nitrogens is 1. The van der Waals surface area contributed by atoms with Crippen molar-refractivity contribution in [3.8, 4) is 0 Å².